The van der Waals surface area contributed by atoms with Crippen LogP contribution in [0.15, 0.2) is 24.3 Å². The van der Waals surface area contributed by atoms with Crippen LogP contribution in [-0.4, -0.2) is 32.8 Å². The molecule has 3 nitrogen and oxygen atoms in total. The van der Waals surface area contributed by atoms with Gasteiger partial charge in [-0.25, -0.2) is 0 Å². The van der Waals surface area contributed by atoms with Crippen LogP contribution in [0.3, 0.4) is 0 Å². The van der Waals surface area contributed by atoms with Crippen LogP contribution in [0.2, 0.25) is 0 Å². The van der Waals surface area contributed by atoms with Crippen LogP contribution in [0.1, 0.15) is 45.4 Å². The molecule has 1 atom stereocenters. The summed E-state index contributed by atoms with van der Waals surface area (Å²) in [4.78, 5) is 4.92. The SMILES string of the molecule is CCN(c1ccccc1N(C)C)C1(C2CCCC2)CCCN1. The van der Waals surface area contributed by atoms with E-state index < -0.39 is 0 Å². The number of hydrogen-bond acceptors (Lipinski definition) is 3. The van der Waals surface area contributed by atoms with Crippen molar-refractivity contribution in [3.63, 3.8) is 0 Å². The maximum absolute atomic E-state index is 3.94. The van der Waals surface area contributed by atoms with E-state index in [1.807, 2.05) is 0 Å². The minimum absolute atomic E-state index is 0.178. The summed E-state index contributed by atoms with van der Waals surface area (Å²) in [5, 5.41) is 3.94. The lowest BCUT2D eigenvalue weighted by molar-refractivity contribution is 0.230. The zero-order valence-corrected chi connectivity index (χ0v) is 14.4. The van der Waals surface area contributed by atoms with Crippen LogP contribution in [0.5, 0.6) is 0 Å². The summed E-state index contributed by atoms with van der Waals surface area (Å²) in [5.41, 5.74) is 2.89. The molecule has 1 saturated heterocycles. The van der Waals surface area contributed by atoms with Crippen molar-refractivity contribution in [2.24, 2.45) is 5.92 Å². The van der Waals surface area contributed by atoms with E-state index in [1.54, 1.807) is 0 Å². The smallest absolute Gasteiger partial charge is 0.0937 e. The van der Waals surface area contributed by atoms with Crippen LogP contribution in [0, 0.1) is 5.92 Å². The number of para-hydroxylation sites is 2. The Morgan fingerprint density at radius 1 is 1.09 bits per heavy atom. The fourth-order valence-corrected chi connectivity index (χ4v) is 4.69. The Labute approximate surface area is 135 Å². The first kappa shape index (κ1) is 15.7. The first-order valence-corrected chi connectivity index (χ1v) is 8.98. The second-order valence-corrected chi connectivity index (χ2v) is 7.06. The molecule has 3 rings (SSSR count). The molecule has 1 aliphatic heterocycles. The van der Waals surface area contributed by atoms with Gasteiger partial charge in [-0.15, -0.1) is 0 Å². The van der Waals surface area contributed by atoms with Crippen LogP contribution in [0.4, 0.5) is 11.4 Å². The number of rotatable bonds is 5. The highest BCUT2D eigenvalue weighted by Crippen LogP contribution is 2.44. The molecule has 1 saturated carbocycles. The standard InChI is InChI=1S/C19H31N3/c1-4-22(18-13-8-7-12-17(18)21(2)3)19(14-9-15-20-19)16-10-5-6-11-16/h7-8,12-13,16,20H,4-6,9-11,14-15H2,1-3H3. The number of hydrogen-bond donors (Lipinski definition) is 1. The first-order chi connectivity index (χ1) is 10.7. The van der Waals surface area contributed by atoms with Gasteiger partial charge in [0.05, 0.1) is 17.0 Å². The highest BCUT2D eigenvalue weighted by molar-refractivity contribution is 5.72. The van der Waals surface area contributed by atoms with E-state index in [4.69, 9.17) is 0 Å². The zero-order valence-electron chi connectivity index (χ0n) is 14.4. The molecule has 0 aromatic heterocycles. The summed E-state index contributed by atoms with van der Waals surface area (Å²) in [5.74, 6) is 0.796. The Kier molecular flexibility index (Phi) is 4.62. The van der Waals surface area contributed by atoms with Gasteiger partial charge in [0.25, 0.3) is 0 Å². The van der Waals surface area contributed by atoms with Gasteiger partial charge in [0.15, 0.2) is 0 Å². The van der Waals surface area contributed by atoms with Crippen molar-refractivity contribution >= 4 is 11.4 Å². The third kappa shape index (κ3) is 2.60. The molecule has 2 aliphatic rings. The van der Waals surface area contributed by atoms with Gasteiger partial charge in [-0.1, -0.05) is 25.0 Å². The molecule has 1 unspecified atom stereocenters. The van der Waals surface area contributed by atoms with Crippen LogP contribution in [0.25, 0.3) is 0 Å². The summed E-state index contributed by atoms with van der Waals surface area (Å²) in [6, 6.07) is 8.88. The van der Waals surface area contributed by atoms with Crippen LogP contribution < -0.4 is 15.1 Å². The molecule has 0 amide bonds. The van der Waals surface area contributed by atoms with Crippen molar-refractivity contribution < 1.29 is 0 Å². The average molecular weight is 301 g/mol. The number of nitrogens with one attached hydrogen (secondary N) is 1. The van der Waals surface area contributed by atoms with Crippen molar-refractivity contribution in [2.75, 3.05) is 37.0 Å². The number of anilines is 2. The van der Waals surface area contributed by atoms with E-state index >= 15 is 0 Å². The lowest BCUT2D eigenvalue weighted by Crippen LogP contribution is -2.60. The maximum Gasteiger partial charge on any atom is 0.0937 e. The highest BCUT2D eigenvalue weighted by Gasteiger charge is 2.46. The molecule has 22 heavy (non-hydrogen) atoms. The van der Waals surface area contributed by atoms with E-state index in [0.29, 0.717) is 0 Å². The van der Waals surface area contributed by atoms with Gasteiger partial charge in [0.2, 0.25) is 0 Å². The summed E-state index contributed by atoms with van der Waals surface area (Å²) in [6.45, 7) is 4.54. The minimum Gasteiger partial charge on any atom is -0.376 e. The summed E-state index contributed by atoms with van der Waals surface area (Å²) in [6.07, 6.45) is 8.16. The predicted octanol–water partition coefficient (Wildman–Crippen LogP) is 3.85. The molecule has 122 valence electrons. The predicted molar refractivity (Wildman–Crippen MR) is 95.7 cm³/mol. The molecule has 1 aromatic rings. The summed E-state index contributed by atoms with van der Waals surface area (Å²) >= 11 is 0. The molecule has 0 spiro atoms. The normalized spacial score (nSPS) is 25.6. The lowest BCUT2D eigenvalue weighted by atomic mass is 9.87. The molecule has 2 fully saturated rings. The molecule has 0 radical (unpaired) electrons. The Bertz CT molecular complexity index is 485. The molecule has 1 aliphatic carbocycles. The second kappa shape index (κ2) is 6.49. The van der Waals surface area contributed by atoms with Crippen LogP contribution >= 0.6 is 0 Å². The molecule has 3 heteroatoms. The van der Waals surface area contributed by atoms with E-state index in [9.17, 15) is 0 Å². The Balaban J connectivity index is 2.01. The van der Waals surface area contributed by atoms with Gasteiger partial charge in [-0.3, -0.25) is 5.32 Å². The fourth-order valence-electron chi connectivity index (χ4n) is 4.69. The largest absolute Gasteiger partial charge is 0.376 e. The molecule has 0 bridgehead atoms. The van der Waals surface area contributed by atoms with Crippen molar-refractivity contribution in [3.8, 4) is 0 Å². The van der Waals surface area contributed by atoms with E-state index in [-0.39, 0.29) is 5.66 Å². The van der Waals surface area contributed by atoms with Crippen molar-refractivity contribution in [2.45, 2.75) is 51.1 Å². The van der Waals surface area contributed by atoms with E-state index in [1.165, 1.54) is 49.9 Å². The molecule has 1 aromatic carbocycles. The second-order valence-electron chi connectivity index (χ2n) is 7.06. The highest BCUT2D eigenvalue weighted by atomic mass is 15.4. The zero-order chi connectivity index (χ0) is 15.6. The van der Waals surface area contributed by atoms with Crippen molar-refractivity contribution in [1.82, 2.24) is 5.32 Å². The van der Waals surface area contributed by atoms with Gasteiger partial charge in [-0.05, 0) is 57.2 Å². The number of benzene rings is 1. The maximum atomic E-state index is 3.94. The van der Waals surface area contributed by atoms with Gasteiger partial charge >= 0.3 is 0 Å². The molecular weight excluding hydrogens is 270 g/mol. The van der Waals surface area contributed by atoms with Gasteiger partial charge in [0, 0.05) is 20.6 Å². The van der Waals surface area contributed by atoms with E-state index in [2.05, 4.69) is 60.4 Å². The van der Waals surface area contributed by atoms with Gasteiger partial charge < -0.3 is 9.80 Å². The summed E-state index contributed by atoms with van der Waals surface area (Å²) < 4.78 is 0. The topological polar surface area (TPSA) is 18.5 Å². The van der Waals surface area contributed by atoms with Crippen LogP contribution in [-0.2, 0) is 0 Å². The van der Waals surface area contributed by atoms with E-state index in [0.717, 1.165) is 19.0 Å². The summed E-state index contributed by atoms with van der Waals surface area (Å²) in [7, 11) is 4.30. The minimum atomic E-state index is 0.178. The first-order valence-electron chi connectivity index (χ1n) is 8.98. The number of nitrogens with zero attached hydrogens (tertiary/aromatic N) is 2. The average Bonchev–Trinajstić information content (AvgIpc) is 3.20. The van der Waals surface area contributed by atoms with Gasteiger partial charge in [0.1, 0.15) is 0 Å². The quantitative estimate of drug-likeness (QED) is 0.891. The van der Waals surface area contributed by atoms with Crippen molar-refractivity contribution in [3.05, 3.63) is 24.3 Å². The van der Waals surface area contributed by atoms with Crippen molar-refractivity contribution in [1.29, 1.82) is 0 Å². The Morgan fingerprint density at radius 3 is 2.32 bits per heavy atom. The third-order valence-corrected chi connectivity index (χ3v) is 5.65. The monoisotopic (exact) mass is 301 g/mol. The Hall–Kier alpha value is -1.22. The Morgan fingerprint density at radius 2 is 1.77 bits per heavy atom. The molecular formula is C19H31N3. The fraction of sp³-hybridized carbons (Fsp3) is 0.684. The van der Waals surface area contributed by atoms with Gasteiger partial charge in [-0.2, -0.15) is 0 Å². The molecule has 1 heterocycles. The molecule has 1 N–H and O–H groups in total. The lowest BCUT2D eigenvalue weighted by Gasteiger charge is -2.48. The third-order valence-electron chi connectivity index (χ3n) is 5.65.